The van der Waals surface area contributed by atoms with E-state index in [2.05, 4.69) is 21.7 Å². The van der Waals surface area contributed by atoms with Gasteiger partial charge in [0.2, 0.25) is 0 Å². The Labute approximate surface area is 95.0 Å². The first-order valence-electron chi connectivity index (χ1n) is 5.40. The fourth-order valence-corrected chi connectivity index (χ4v) is 1.53. The van der Waals surface area contributed by atoms with Crippen LogP contribution in [0, 0.1) is 11.3 Å². The van der Waals surface area contributed by atoms with E-state index in [1.165, 1.54) is 0 Å². The molecular formula is C12H14N4. The van der Waals surface area contributed by atoms with Crippen LogP contribution in [0.25, 0.3) is 0 Å². The third-order valence-electron chi connectivity index (χ3n) is 2.44. The molecule has 0 aromatic heterocycles. The van der Waals surface area contributed by atoms with Gasteiger partial charge in [-0.15, -0.1) is 0 Å². The van der Waals surface area contributed by atoms with Crippen molar-refractivity contribution in [1.29, 1.82) is 5.26 Å². The molecule has 1 aromatic rings. The molecule has 0 unspecified atom stereocenters. The van der Waals surface area contributed by atoms with Crippen molar-refractivity contribution in [3.05, 3.63) is 35.4 Å². The largest absolute Gasteiger partial charge is 0.356 e. The number of aliphatic imine (C=N–C) groups is 1. The number of hydrogen-bond acceptors (Lipinski definition) is 4. The predicted octanol–water partition coefficient (Wildman–Crippen LogP) is 0.997. The van der Waals surface area contributed by atoms with Crippen LogP contribution in [0.5, 0.6) is 0 Å². The van der Waals surface area contributed by atoms with Crippen molar-refractivity contribution in [1.82, 2.24) is 10.6 Å². The second kappa shape index (κ2) is 5.17. The summed E-state index contributed by atoms with van der Waals surface area (Å²) in [7, 11) is 0. The molecule has 1 aliphatic rings. The van der Waals surface area contributed by atoms with Crippen LogP contribution in [0.4, 0.5) is 0 Å². The van der Waals surface area contributed by atoms with E-state index in [0.717, 1.165) is 37.6 Å². The lowest BCUT2D eigenvalue weighted by atomic mass is 10.1. The van der Waals surface area contributed by atoms with Crippen LogP contribution in [-0.4, -0.2) is 19.0 Å². The van der Waals surface area contributed by atoms with E-state index < -0.39 is 0 Å². The molecule has 4 nitrogen and oxygen atoms in total. The number of benzene rings is 1. The molecule has 0 fully saturated rings. The average Bonchev–Trinajstić information content (AvgIpc) is 2.38. The third-order valence-corrected chi connectivity index (χ3v) is 2.44. The Kier molecular flexibility index (Phi) is 3.39. The van der Waals surface area contributed by atoms with Crippen molar-refractivity contribution < 1.29 is 0 Å². The Morgan fingerprint density at radius 1 is 1.38 bits per heavy atom. The SMILES string of the molecule is N#Cc1ccc(CNC2=NCCCN2)cc1. The van der Waals surface area contributed by atoms with Gasteiger partial charge in [0.15, 0.2) is 5.96 Å². The standard InChI is InChI=1S/C12H14N4/c13-8-10-2-4-11(5-3-10)9-16-12-14-6-1-7-15-12/h2-5H,1,6-7,9H2,(H2,14,15,16). The Balaban J connectivity index is 1.89. The molecule has 0 aliphatic carbocycles. The second-order valence-corrected chi connectivity index (χ2v) is 3.67. The minimum atomic E-state index is 0.692. The quantitative estimate of drug-likeness (QED) is 0.772. The van der Waals surface area contributed by atoms with Crippen LogP contribution in [0.15, 0.2) is 29.3 Å². The summed E-state index contributed by atoms with van der Waals surface area (Å²) in [6.45, 7) is 2.61. The molecule has 16 heavy (non-hydrogen) atoms. The van der Waals surface area contributed by atoms with E-state index in [4.69, 9.17) is 5.26 Å². The third kappa shape index (κ3) is 2.74. The first-order valence-corrected chi connectivity index (χ1v) is 5.40. The van der Waals surface area contributed by atoms with Crippen molar-refractivity contribution in [2.24, 2.45) is 4.99 Å². The normalized spacial score (nSPS) is 14.6. The summed E-state index contributed by atoms with van der Waals surface area (Å²) >= 11 is 0. The van der Waals surface area contributed by atoms with Crippen molar-refractivity contribution in [3.63, 3.8) is 0 Å². The fraction of sp³-hybridized carbons (Fsp3) is 0.333. The fourth-order valence-electron chi connectivity index (χ4n) is 1.53. The Morgan fingerprint density at radius 3 is 2.81 bits per heavy atom. The summed E-state index contributed by atoms with van der Waals surface area (Å²) < 4.78 is 0. The number of nitriles is 1. The highest BCUT2D eigenvalue weighted by Gasteiger charge is 2.02. The summed E-state index contributed by atoms with van der Waals surface area (Å²) in [5.41, 5.74) is 1.84. The van der Waals surface area contributed by atoms with Crippen LogP contribution in [-0.2, 0) is 6.54 Å². The van der Waals surface area contributed by atoms with Crippen molar-refractivity contribution >= 4 is 5.96 Å². The minimum absolute atomic E-state index is 0.692. The number of nitrogens with one attached hydrogen (secondary N) is 2. The van der Waals surface area contributed by atoms with Gasteiger partial charge >= 0.3 is 0 Å². The Morgan fingerprint density at radius 2 is 2.19 bits per heavy atom. The van der Waals surface area contributed by atoms with Gasteiger partial charge in [0.25, 0.3) is 0 Å². The zero-order chi connectivity index (χ0) is 11.2. The van der Waals surface area contributed by atoms with Gasteiger partial charge in [-0.3, -0.25) is 4.99 Å². The topological polar surface area (TPSA) is 60.2 Å². The van der Waals surface area contributed by atoms with E-state index in [0.29, 0.717) is 5.56 Å². The molecule has 1 heterocycles. The Hall–Kier alpha value is -2.02. The smallest absolute Gasteiger partial charge is 0.191 e. The number of guanidine groups is 1. The molecule has 2 N–H and O–H groups in total. The Bertz CT molecular complexity index is 414. The monoisotopic (exact) mass is 214 g/mol. The molecular weight excluding hydrogens is 200 g/mol. The molecule has 0 saturated heterocycles. The predicted molar refractivity (Wildman–Crippen MR) is 62.9 cm³/mol. The minimum Gasteiger partial charge on any atom is -0.356 e. The molecule has 0 amide bonds. The lowest BCUT2D eigenvalue weighted by Gasteiger charge is -2.15. The van der Waals surface area contributed by atoms with E-state index in [1.54, 1.807) is 0 Å². The first-order chi connectivity index (χ1) is 7.88. The maximum atomic E-state index is 8.67. The summed E-state index contributed by atoms with van der Waals surface area (Å²) in [4.78, 5) is 4.32. The van der Waals surface area contributed by atoms with Gasteiger partial charge in [-0.25, -0.2) is 0 Å². The van der Waals surface area contributed by atoms with Gasteiger partial charge in [0.05, 0.1) is 11.6 Å². The molecule has 0 spiro atoms. The van der Waals surface area contributed by atoms with Gasteiger partial charge in [0, 0.05) is 19.6 Å². The van der Waals surface area contributed by atoms with Crippen molar-refractivity contribution in [2.45, 2.75) is 13.0 Å². The zero-order valence-corrected chi connectivity index (χ0v) is 9.03. The van der Waals surface area contributed by atoms with Crippen LogP contribution in [0.3, 0.4) is 0 Å². The van der Waals surface area contributed by atoms with Gasteiger partial charge in [-0.05, 0) is 24.1 Å². The summed E-state index contributed by atoms with van der Waals surface area (Å²) in [5.74, 6) is 0.871. The van der Waals surface area contributed by atoms with Gasteiger partial charge in [0.1, 0.15) is 0 Å². The number of nitrogens with zero attached hydrogens (tertiary/aromatic N) is 2. The lowest BCUT2D eigenvalue weighted by Crippen LogP contribution is -2.40. The highest BCUT2D eigenvalue weighted by atomic mass is 15.2. The van der Waals surface area contributed by atoms with Gasteiger partial charge in [-0.1, -0.05) is 12.1 Å². The van der Waals surface area contributed by atoms with Gasteiger partial charge in [-0.2, -0.15) is 5.26 Å². The zero-order valence-electron chi connectivity index (χ0n) is 9.03. The molecule has 2 rings (SSSR count). The van der Waals surface area contributed by atoms with Crippen LogP contribution in [0.1, 0.15) is 17.5 Å². The molecule has 0 atom stereocenters. The first kappa shape index (κ1) is 10.5. The molecule has 0 saturated carbocycles. The van der Waals surface area contributed by atoms with Gasteiger partial charge < -0.3 is 10.6 Å². The average molecular weight is 214 g/mol. The summed E-state index contributed by atoms with van der Waals surface area (Å²) in [6.07, 6.45) is 1.10. The lowest BCUT2D eigenvalue weighted by molar-refractivity contribution is 0.702. The molecule has 82 valence electrons. The molecule has 4 heteroatoms. The highest BCUT2D eigenvalue weighted by Crippen LogP contribution is 2.02. The molecule has 1 aromatic carbocycles. The summed E-state index contributed by atoms with van der Waals surface area (Å²) in [6, 6.07) is 9.66. The second-order valence-electron chi connectivity index (χ2n) is 3.67. The van der Waals surface area contributed by atoms with Crippen molar-refractivity contribution in [2.75, 3.05) is 13.1 Å². The maximum Gasteiger partial charge on any atom is 0.191 e. The number of rotatable bonds is 2. The molecule has 0 radical (unpaired) electrons. The number of hydrogen-bond donors (Lipinski definition) is 2. The van der Waals surface area contributed by atoms with Crippen LogP contribution < -0.4 is 10.6 Å². The van der Waals surface area contributed by atoms with Crippen molar-refractivity contribution in [3.8, 4) is 6.07 Å². The van der Waals surface area contributed by atoms with Crippen LogP contribution in [0.2, 0.25) is 0 Å². The molecule has 0 bridgehead atoms. The van der Waals surface area contributed by atoms with E-state index >= 15 is 0 Å². The van der Waals surface area contributed by atoms with Crippen LogP contribution >= 0.6 is 0 Å². The summed E-state index contributed by atoms with van der Waals surface area (Å²) in [5, 5.41) is 15.1. The highest BCUT2D eigenvalue weighted by molar-refractivity contribution is 5.80. The van der Waals surface area contributed by atoms with E-state index in [1.807, 2.05) is 24.3 Å². The van der Waals surface area contributed by atoms with E-state index in [9.17, 15) is 0 Å². The van der Waals surface area contributed by atoms with E-state index in [-0.39, 0.29) is 0 Å². The maximum absolute atomic E-state index is 8.67. The molecule has 1 aliphatic heterocycles.